The van der Waals surface area contributed by atoms with Crippen LogP contribution in [0, 0.1) is 0 Å². The first-order valence-electron chi connectivity index (χ1n) is 6.29. The smallest absolute Gasteiger partial charge is 0.335 e. The van der Waals surface area contributed by atoms with Gasteiger partial charge in [0.2, 0.25) is 0 Å². The number of hydrogen-bond donors (Lipinski definition) is 2. The highest BCUT2D eigenvalue weighted by atomic mass is 16.5. The van der Waals surface area contributed by atoms with Crippen LogP contribution in [0.15, 0.2) is 54.7 Å². The van der Waals surface area contributed by atoms with Crippen molar-refractivity contribution >= 4 is 22.6 Å². The van der Waals surface area contributed by atoms with Crippen LogP contribution in [0.2, 0.25) is 0 Å². The van der Waals surface area contributed by atoms with E-state index in [0.717, 1.165) is 10.9 Å². The number of pyridine rings is 1. The quantitative estimate of drug-likeness (QED) is 0.719. The standard InChI is InChI=1S/C16H12N2O3/c17-12-9-11(16(19)20)6-7-13(12)21-14-5-1-3-10-4-2-8-18-15(10)14/h1-9H,17H2,(H,19,20). The molecule has 21 heavy (non-hydrogen) atoms. The molecular formula is C16H12N2O3. The lowest BCUT2D eigenvalue weighted by atomic mass is 10.2. The molecule has 0 saturated carbocycles. The van der Waals surface area contributed by atoms with Gasteiger partial charge in [-0.1, -0.05) is 18.2 Å². The lowest BCUT2D eigenvalue weighted by Gasteiger charge is -2.10. The predicted octanol–water partition coefficient (Wildman–Crippen LogP) is 3.31. The summed E-state index contributed by atoms with van der Waals surface area (Å²) in [7, 11) is 0. The van der Waals surface area contributed by atoms with Crippen molar-refractivity contribution in [1.82, 2.24) is 4.98 Å². The highest BCUT2D eigenvalue weighted by Gasteiger charge is 2.10. The molecule has 0 fully saturated rings. The van der Waals surface area contributed by atoms with Crippen LogP contribution in [0.1, 0.15) is 10.4 Å². The van der Waals surface area contributed by atoms with Gasteiger partial charge in [-0.3, -0.25) is 4.98 Å². The van der Waals surface area contributed by atoms with Gasteiger partial charge in [0.15, 0.2) is 5.75 Å². The zero-order valence-electron chi connectivity index (χ0n) is 11.0. The Balaban J connectivity index is 2.01. The van der Waals surface area contributed by atoms with Gasteiger partial charge in [0.05, 0.1) is 11.3 Å². The maximum Gasteiger partial charge on any atom is 0.335 e. The van der Waals surface area contributed by atoms with E-state index in [1.54, 1.807) is 18.3 Å². The lowest BCUT2D eigenvalue weighted by molar-refractivity contribution is 0.0697. The molecule has 0 spiro atoms. The molecule has 0 radical (unpaired) electrons. The number of aromatic carboxylic acids is 1. The molecule has 0 amide bonds. The molecular weight excluding hydrogens is 268 g/mol. The van der Waals surface area contributed by atoms with Crippen molar-refractivity contribution in [2.24, 2.45) is 0 Å². The number of nitrogens with zero attached hydrogens (tertiary/aromatic N) is 1. The second kappa shape index (κ2) is 5.13. The average molecular weight is 280 g/mol. The second-order valence-corrected chi connectivity index (χ2v) is 4.49. The summed E-state index contributed by atoms with van der Waals surface area (Å²) in [6.45, 7) is 0. The lowest BCUT2D eigenvalue weighted by Crippen LogP contribution is -1.99. The van der Waals surface area contributed by atoms with Gasteiger partial charge in [-0.05, 0) is 30.3 Å². The monoisotopic (exact) mass is 280 g/mol. The molecule has 104 valence electrons. The number of nitrogen functional groups attached to an aromatic ring is 1. The molecule has 0 bridgehead atoms. The van der Waals surface area contributed by atoms with E-state index in [0.29, 0.717) is 11.5 Å². The van der Waals surface area contributed by atoms with Crippen LogP contribution in [0.25, 0.3) is 10.9 Å². The number of para-hydroxylation sites is 1. The molecule has 0 atom stereocenters. The van der Waals surface area contributed by atoms with Crippen molar-refractivity contribution in [1.29, 1.82) is 0 Å². The molecule has 0 aliphatic carbocycles. The van der Waals surface area contributed by atoms with E-state index in [2.05, 4.69) is 4.98 Å². The number of carboxylic acids is 1. The number of hydrogen-bond acceptors (Lipinski definition) is 4. The van der Waals surface area contributed by atoms with Crippen molar-refractivity contribution < 1.29 is 14.6 Å². The zero-order valence-corrected chi connectivity index (χ0v) is 11.0. The third-order valence-electron chi connectivity index (χ3n) is 3.07. The van der Waals surface area contributed by atoms with Crippen LogP contribution in [-0.2, 0) is 0 Å². The number of ether oxygens (including phenoxy) is 1. The number of anilines is 1. The molecule has 3 N–H and O–H groups in total. The fourth-order valence-corrected chi connectivity index (χ4v) is 2.05. The second-order valence-electron chi connectivity index (χ2n) is 4.49. The minimum absolute atomic E-state index is 0.121. The van der Waals surface area contributed by atoms with E-state index in [9.17, 15) is 4.79 Å². The van der Waals surface area contributed by atoms with Crippen molar-refractivity contribution in [2.75, 3.05) is 5.73 Å². The van der Waals surface area contributed by atoms with Gasteiger partial charge in [-0.15, -0.1) is 0 Å². The summed E-state index contributed by atoms with van der Waals surface area (Å²) in [5.74, 6) is -0.0545. The molecule has 1 heterocycles. The van der Waals surface area contributed by atoms with Gasteiger partial charge in [-0.2, -0.15) is 0 Å². The van der Waals surface area contributed by atoms with E-state index in [1.165, 1.54) is 12.1 Å². The van der Waals surface area contributed by atoms with Crippen LogP contribution in [0.3, 0.4) is 0 Å². The predicted molar refractivity (Wildman–Crippen MR) is 79.6 cm³/mol. The molecule has 2 aromatic carbocycles. The van der Waals surface area contributed by atoms with Gasteiger partial charge in [-0.25, -0.2) is 4.79 Å². The van der Waals surface area contributed by atoms with Crippen LogP contribution in [0.4, 0.5) is 5.69 Å². The number of carbonyl (C=O) groups is 1. The topological polar surface area (TPSA) is 85.4 Å². The molecule has 0 unspecified atom stereocenters. The van der Waals surface area contributed by atoms with Crippen molar-refractivity contribution in [3.8, 4) is 11.5 Å². The van der Waals surface area contributed by atoms with Crippen LogP contribution >= 0.6 is 0 Å². The Kier molecular flexibility index (Phi) is 3.16. The maximum absolute atomic E-state index is 10.9. The molecule has 1 aromatic heterocycles. The Morgan fingerprint density at radius 2 is 1.90 bits per heavy atom. The molecule has 5 nitrogen and oxygen atoms in total. The maximum atomic E-state index is 10.9. The van der Waals surface area contributed by atoms with Crippen LogP contribution < -0.4 is 10.5 Å². The van der Waals surface area contributed by atoms with E-state index in [-0.39, 0.29) is 11.3 Å². The molecule has 0 aliphatic rings. The number of fused-ring (bicyclic) bond motifs is 1. The van der Waals surface area contributed by atoms with Crippen molar-refractivity contribution in [2.45, 2.75) is 0 Å². The van der Waals surface area contributed by atoms with Gasteiger partial charge in [0.1, 0.15) is 11.3 Å². The summed E-state index contributed by atoms with van der Waals surface area (Å²) in [4.78, 5) is 15.2. The molecule has 0 aliphatic heterocycles. The van der Waals surface area contributed by atoms with Gasteiger partial charge < -0.3 is 15.6 Å². The van der Waals surface area contributed by atoms with E-state index in [4.69, 9.17) is 15.6 Å². The SMILES string of the molecule is Nc1cc(C(=O)O)ccc1Oc1cccc2cccnc12. The summed E-state index contributed by atoms with van der Waals surface area (Å²) < 4.78 is 5.78. The minimum atomic E-state index is -1.03. The number of carboxylic acid groups (broad SMARTS) is 1. The normalized spacial score (nSPS) is 10.5. The van der Waals surface area contributed by atoms with Gasteiger partial charge in [0.25, 0.3) is 0 Å². The number of rotatable bonds is 3. The number of aromatic nitrogens is 1. The third kappa shape index (κ3) is 2.49. The van der Waals surface area contributed by atoms with Crippen molar-refractivity contribution in [3.05, 3.63) is 60.3 Å². The van der Waals surface area contributed by atoms with Crippen LogP contribution in [0.5, 0.6) is 11.5 Å². The largest absolute Gasteiger partial charge is 0.478 e. The molecule has 3 aromatic rings. The Morgan fingerprint density at radius 1 is 1.10 bits per heavy atom. The summed E-state index contributed by atoms with van der Waals surface area (Å²) in [6, 6.07) is 13.7. The Labute approximate surface area is 120 Å². The van der Waals surface area contributed by atoms with Gasteiger partial charge >= 0.3 is 5.97 Å². The number of benzene rings is 2. The molecule has 3 rings (SSSR count). The van der Waals surface area contributed by atoms with Crippen LogP contribution in [-0.4, -0.2) is 16.1 Å². The first-order chi connectivity index (χ1) is 10.1. The highest BCUT2D eigenvalue weighted by Crippen LogP contribution is 2.32. The highest BCUT2D eigenvalue weighted by molar-refractivity contribution is 5.89. The fraction of sp³-hybridized carbons (Fsp3) is 0. The van der Waals surface area contributed by atoms with Crippen molar-refractivity contribution in [3.63, 3.8) is 0 Å². The fourth-order valence-electron chi connectivity index (χ4n) is 2.05. The minimum Gasteiger partial charge on any atom is -0.478 e. The van der Waals surface area contributed by atoms with Gasteiger partial charge in [0, 0.05) is 11.6 Å². The summed E-state index contributed by atoms with van der Waals surface area (Å²) in [6.07, 6.45) is 1.69. The average Bonchev–Trinajstić information content (AvgIpc) is 2.49. The Morgan fingerprint density at radius 3 is 2.67 bits per heavy atom. The number of nitrogens with two attached hydrogens (primary N) is 1. The van der Waals surface area contributed by atoms with E-state index in [1.807, 2.05) is 24.3 Å². The molecule has 5 heteroatoms. The first-order valence-corrected chi connectivity index (χ1v) is 6.29. The summed E-state index contributed by atoms with van der Waals surface area (Å²) >= 11 is 0. The molecule has 0 saturated heterocycles. The Hall–Kier alpha value is -3.08. The Bertz CT molecular complexity index is 825. The summed E-state index contributed by atoms with van der Waals surface area (Å²) in [5, 5.41) is 9.88. The van der Waals surface area contributed by atoms with E-state index < -0.39 is 5.97 Å². The third-order valence-corrected chi connectivity index (χ3v) is 3.07. The summed E-state index contributed by atoms with van der Waals surface area (Å²) in [5.41, 5.74) is 6.95. The first kappa shape index (κ1) is 12.9. The van der Waals surface area contributed by atoms with E-state index >= 15 is 0 Å². The zero-order chi connectivity index (χ0) is 14.8.